The molecule has 1 N–H and O–H groups in total. The van der Waals surface area contributed by atoms with Crippen molar-refractivity contribution < 1.29 is 4.79 Å². The summed E-state index contributed by atoms with van der Waals surface area (Å²) < 4.78 is 0. The number of amides is 1. The number of nitriles is 1. The van der Waals surface area contributed by atoms with Crippen LogP contribution in [0.3, 0.4) is 0 Å². The first-order chi connectivity index (χ1) is 6.27. The summed E-state index contributed by atoms with van der Waals surface area (Å²) in [6, 6.07) is 0. The zero-order valence-electron chi connectivity index (χ0n) is 8.05. The average molecular weight is 180 g/mol. The van der Waals surface area contributed by atoms with Crippen molar-refractivity contribution in [2.24, 2.45) is 11.8 Å². The van der Waals surface area contributed by atoms with E-state index in [2.05, 4.69) is 12.2 Å². The molecule has 0 aromatic heterocycles. The Hall–Kier alpha value is -1.04. The van der Waals surface area contributed by atoms with Gasteiger partial charge >= 0.3 is 0 Å². The second kappa shape index (κ2) is 4.86. The van der Waals surface area contributed by atoms with Gasteiger partial charge in [-0.05, 0) is 31.6 Å². The highest BCUT2D eigenvalue weighted by Gasteiger charge is 2.24. The minimum Gasteiger partial charge on any atom is -0.274 e. The summed E-state index contributed by atoms with van der Waals surface area (Å²) in [5.74, 6) is 0.797. The SMILES string of the molecule is CCC1CCC(C(=O)NC#N)CC1. The van der Waals surface area contributed by atoms with Crippen LogP contribution in [0.5, 0.6) is 0 Å². The monoisotopic (exact) mass is 180 g/mol. The van der Waals surface area contributed by atoms with Gasteiger partial charge in [-0.2, -0.15) is 5.26 Å². The van der Waals surface area contributed by atoms with Crippen LogP contribution in [0.2, 0.25) is 0 Å². The number of carbonyl (C=O) groups excluding carboxylic acids is 1. The van der Waals surface area contributed by atoms with Crippen molar-refractivity contribution in [1.29, 1.82) is 5.26 Å². The van der Waals surface area contributed by atoms with Gasteiger partial charge in [0.25, 0.3) is 0 Å². The average Bonchev–Trinajstić information content (AvgIpc) is 2.18. The Kier molecular flexibility index (Phi) is 3.75. The lowest BCUT2D eigenvalue weighted by atomic mass is 9.80. The zero-order valence-corrected chi connectivity index (χ0v) is 8.05. The van der Waals surface area contributed by atoms with Gasteiger partial charge in [0.2, 0.25) is 5.91 Å². The van der Waals surface area contributed by atoms with E-state index >= 15 is 0 Å². The van der Waals surface area contributed by atoms with Gasteiger partial charge in [0, 0.05) is 5.92 Å². The van der Waals surface area contributed by atoms with Gasteiger partial charge in [0.15, 0.2) is 6.19 Å². The molecule has 0 atom stereocenters. The number of carbonyl (C=O) groups is 1. The predicted octanol–water partition coefficient (Wildman–Crippen LogP) is 1.80. The number of nitrogens with one attached hydrogen (secondary N) is 1. The molecular formula is C10H16N2O. The largest absolute Gasteiger partial charge is 0.274 e. The molecule has 1 saturated carbocycles. The molecule has 1 aliphatic rings. The van der Waals surface area contributed by atoms with E-state index in [-0.39, 0.29) is 11.8 Å². The number of rotatable bonds is 2. The standard InChI is InChI=1S/C10H16N2O/c1-2-8-3-5-9(6-4-8)10(13)12-7-11/h8-9H,2-6H2,1H3,(H,12,13). The topological polar surface area (TPSA) is 52.9 Å². The smallest absolute Gasteiger partial charge is 0.236 e. The van der Waals surface area contributed by atoms with Gasteiger partial charge in [-0.3, -0.25) is 10.1 Å². The molecule has 0 saturated heterocycles. The van der Waals surface area contributed by atoms with Gasteiger partial charge in [-0.1, -0.05) is 13.3 Å². The molecule has 13 heavy (non-hydrogen) atoms. The summed E-state index contributed by atoms with van der Waals surface area (Å²) in [5.41, 5.74) is 0. The Morgan fingerprint density at radius 1 is 1.46 bits per heavy atom. The molecule has 1 aliphatic carbocycles. The minimum atomic E-state index is -0.0861. The summed E-state index contributed by atoms with van der Waals surface area (Å²) in [6.07, 6.45) is 7.08. The molecule has 1 rings (SSSR count). The van der Waals surface area contributed by atoms with E-state index in [0.717, 1.165) is 31.6 Å². The first-order valence-electron chi connectivity index (χ1n) is 4.96. The van der Waals surface area contributed by atoms with E-state index in [4.69, 9.17) is 5.26 Å². The van der Waals surface area contributed by atoms with Crippen LogP contribution in [0.15, 0.2) is 0 Å². The van der Waals surface area contributed by atoms with Crippen molar-refractivity contribution in [2.75, 3.05) is 0 Å². The summed E-state index contributed by atoms with van der Waals surface area (Å²) in [4.78, 5) is 11.3. The Balaban J connectivity index is 2.33. The van der Waals surface area contributed by atoms with E-state index in [9.17, 15) is 4.79 Å². The van der Waals surface area contributed by atoms with E-state index in [1.54, 1.807) is 6.19 Å². The maximum atomic E-state index is 11.3. The first kappa shape index (κ1) is 10.0. The third-order valence-electron chi connectivity index (χ3n) is 2.97. The second-order valence-electron chi connectivity index (χ2n) is 3.73. The summed E-state index contributed by atoms with van der Waals surface area (Å²) in [7, 11) is 0. The summed E-state index contributed by atoms with van der Waals surface area (Å²) in [5, 5.41) is 10.5. The highest BCUT2D eigenvalue weighted by Crippen LogP contribution is 2.30. The molecular weight excluding hydrogens is 164 g/mol. The van der Waals surface area contributed by atoms with Crippen LogP contribution < -0.4 is 5.32 Å². The van der Waals surface area contributed by atoms with Crippen LogP contribution in [0.25, 0.3) is 0 Å². The quantitative estimate of drug-likeness (QED) is 0.520. The minimum absolute atomic E-state index is 0.0856. The highest BCUT2D eigenvalue weighted by molar-refractivity contribution is 5.79. The molecule has 0 aliphatic heterocycles. The molecule has 0 unspecified atom stereocenters. The summed E-state index contributed by atoms with van der Waals surface area (Å²) >= 11 is 0. The maximum absolute atomic E-state index is 11.3. The Bertz CT molecular complexity index is 211. The molecule has 0 radical (unpaired) electrons. The van der Waals surface area contributed by atoms with Gasteiger partial charge < -0.3 is 0 Å². The van der Waals surface area contributed by atoms with Crippen LogP contribution in [0, 0.1) is 23.3 Å². The Morgan fingerprint density at radius 3 is 2.54 bits per heavy atom. The van der Waals surface area contributed by atoms with Crippen molar-refractivity contribution in [3.63, 3.8) is 0 Å². The van der Waals surface area contributed by atoms with Crippen molar-refractivity contribution in [1.82, 2.24) is 5.32 Å². The van der Waals surface area contributed by atoms with Crippen molar-refractivity contribution in [2.45, 2.75) is 39.0 Å². The predicted molar refractivity (Wildman–Crippen MR) is 49.5 cm³/mol. The fourth-order valence-electron chi connectivity index (χ4n) is 1.99. The van der Waals surface area contributed by atoms with Crippen LogP contribution >= 0.6 is 0 Å². The van der Waals surface area contributed by atoms with Crippen LogP contribution in [-0.2, 0) is 4.79 Å². The third-order valence-corrected chi connectivity index (χ3v) is 2.97. The Labute approximate surface area is 79.1 Å². The molecule has 1 amide bonds. The lowest BCUT2D eigenvalue weighted by molar-refractivity contribution is -0.125. The van der Waals surface area contributed by atoms with Crippen LogP contribution in [0.4, 0.5) is 0 Å². The molecule has 72 valence electrons. The van der Waals surface area contributed by atoms with Crippen LogP contribution in [0.1, 0.15) is 39.0 Å². The van der Waals surface area contributed by atoms with Gasteiger partial charge in [-0.25, -0.2) is 0 Å². The maximum Gasteiger partial charge on any atom is 0.236 e. The van der Waals surface area contributed by atoms with Crippen molar-refractivity contribution in [3.05, 3.63) is 0 Å². The molecule has 0 aromatic carbocycles. The van der Waals surface area contributed by atoms with Gasteiger partial charge in [0.05, 0.1) is 0 Å². The number of hydrogen-bond donors (Lipinski definition) is 1. The molecule has 1 fully saturated rings. The lowest BCUT2D eigenvalue weighted by Crippen LogP contribution is -2.30. The molecule has 0 bridgehead atoms. The number of hydrogen-bond acceptors (Lipinski definition) is 2. The third kappa shape index (κ3) is 2.73. The van der Waals surface area contributed by atoms with E-state index in [0.29, 0.717) is 0 Å². The highest BCUT2D eigenvalue weighted by atomic mass is 16.1. The first-order valence-corrected chi connectivity index (χ1v) is 4.96. The van der Waals surface area contributed by atoms with Crippen molar-refractivity contribution >= 4 is 5.91 Å². The fourth-order valence-corrected chi connectivity index (χ4v) is 1.99. The molecule has 0 spiro atoms. The molecule has 0 aromatic rings. The molecule has 0 heterocycles. The normalized spacial score (nSPS) is 27.7. The second-order valence-corrected chi connectivity index (χ2v) is 3.73. The number of nitrogens with zero attached hydrogens (tertiary/aromatic N) is 1. The van der Waals surface area contributed by atoms with Gasteiger partial charge in [-0.15, -0.1) is 0 Å². The van der Waals surface area contributed by atoms with E-state index in [1.807, 2.05) is 0 Å². The lowest BCUT2D eigenvalue weighted by Gasteiger charge is -2.25. The Morgan fingerprint density at radius 2 is 2.08 bits per heavy atom. The van der Waals surface area contributed by atoms with E-state index in [1.165, 1.54) is 6.42 Å². The molecule has 3 heteroatoms. The van der Waals surface area contributed by atoms with Crippen LogP contribution in [-0.4, -0.2) is 5.91 Å². The molecule has 3 nitrogen and oxygen atoms in total. The fraction of sp³-hybridized carbons (Fsp3) is 0.800. The van der Waals surface area contributed by atoms with E-state index < -0.39 is 0 Å². The van der Waals surface area contributed by atoms with Gasteiger partial charge in [0.1, 0.15) is 0 Å². The zero-order chi connectivity index (χ0) is 9.68. The van der Waals surface area contributed by atoms with Crippen molar-refractivity contribution in [3.8, 4) is 6.19 Å². The summed E-state index contributed by atoms with van der Waals surface area (Å²) in [6.45, 7) is 2.19.